The lowest BCUT2D eigenvalue weighted by molar-refractivity contribution is 0.590. The number of rotatable bonds is 3. The molecule has 0 aliphatic rings. The molecule has 0 bridgehead atoms. The standard InChI is InChI=1S/C10H19N/c1-5-6-7-10(4,11)8-9(2)3/h5-6,8H,7,11H2,1-4H3/b6-5-. The normalized spacial score (nSPS) is 16.5. The van der Waals surface area contributed by atoms with Crippen LogP contribution >= 0.6 is 0 Å². The van der Waals surface area contributed by atoms with Crippen molar-refractivity contribution >= 4 is 0 Å². The fourth-order valence-corrected chi connectivity index (χ4v) is 1.09. The molecule has 0 spiro atoms. The van der Waals surface area contributed by atoms with E-state index in [1.165, 1.54) is 5.57 Å². The van der Waals surface area contributed by atoms with Crippen LogP contribution in [0.1, 0.15) is 34.1 Å². The molecule has 0 aliphatic carbocycles. The maximum absolute atomic E-state index is 5.98. The van der Waals surface area contributed by atoms with Gasteiger partial charge in [-0.25, -0.2) is 0 Å². The Bertz CT molecular complexity index is 160. The van der Waals surface area contributed by atoms with Gasteiger partial charge in [-0.2, -0.15) is 0 Å². The average molecular weight is 153 g/mol. The van der Waals surface area contributed by atoms with Crippen LogP contribution in [0.5, 0.6) is 0 Å². The first-order valence-corrected chi connectivity index (χ1v) is 4.04. The largest absolute Gasteiger partial charge is 0.322 e. The van der Waals surface area contributed by atoms with Gasteiger partial charge in [0.2, 0.25) is 0 Å². The Morgan fingerprint density at radius 3 is 2.36 bits per heavy atom. The molecule has 1 nitrogen and oxygen atoms in total. The van der Waals surface area contributed by atoms with Gasteiger partial charge in [-0.15, -0.1) is 0 Å². The Labute approximate surface area is 70.0 Å². The van der Waals surface area contributed by atoms with Crippen LogP contribution in [0.15, 0.2) is 23.8 Å². The summed E-state index contributed by atoms with van der Waals surface area (Å²) in [6.07, 6.45) is 7.14. The molecule has 0 aromatic carbocycles. The lowest BCUT2D eigenvalue weighted by atomic mass is 9.96. The van der Waals surface area contributed by atoms with E-state index in [2.05, 4.69) is 26.0 Å². The summed E-state index contributed by atoms with van der Waals surface area (Å²) in [5.41, 5.74) is 7.08. The van der Waals surface area contributed by atoms with Gasteiger partial charge in [-0.3, -0.25) is 0 Å². The number of hydrogen-bond acceptors (Lipinski definition) is 1. The topological polar surface area (TPSA) is 26.0 Å². The summed E-state index contributed by atoms with van der Waals surface area (Å²) in [7, 11) is 0. The van der Waals surface area contributed by atoms with Crippen LogP contribution < -0.4 is 5.73 Å². The van der Waals surface area contributed by atoms with E-state index in [0.717, 1.165) is 6.42 Å². The van der Waals surface area contributed by atoms with Crippen molar-refractivity contribution in [1.29, 1.82) is 0 Å². The van der Waals surface area contributed by atoms with Crippen LogP contribution in [0.4, 0.5) is 0 Å². The molecule has 64 valence electrons. The molecule has 0 fully saturated rings. The second-order valence-electron chi connectivity index (χ2n) is 3.50. The van der Waals surface area contributed by atoms with Crippen LogP contribution in [-0.2, 0) is 0 Å². The zero-order chi connectivity index (χ0) is 8.91. The fourth-order valence-electron chi connectivity index (χ4n) is 1.09. The van der Waals surface area contributed by atoms with Gasteiger partial charge in [-0.1, -0.05) is 23.8 Å². The van der Waals surface area contributed by atoms with Crippen molar-refractivity contribution in [3.05, 3.63) is 23.8 Å². The molecule has 2 N–H and O–H groups in total. The smallest absolute Gasteiger partial charge is 0.0347 e. The molecule has 0 heterocycles. The molecule has 0 saturated heterocycles. The second-order valence-corrected chi connectivity index (χ2v) is 3.50. The Morgan fingerprint density at radius 2 is 2.00 bits per heavy atom. The predicted molar refractivity (Wildman–Crippen MR) is 51.5 cm³/mol. The molecule has 1 heteroatoms. The molecule has 0 aromatic rings. The van der Waals surface area contributed by atoms with Crippen LogP contribution in [0.25, 0.3) is 0 Å². The minimum absolute atomic E-state index is 0.175. The highest BCUT2D eigenvalue weighted by atomic mass is 14.7. The fraction of sp³-hybridized carbons (Fsp3) is 0.600. The van der Waals surface area contributed by atoms with E-state index in [-0.39, 0.29) is 5.54 Å². The molecule has 1 unspecified atom stereocenters. The van der Waals surface area contributed by atoms with E-state index in [1.54, 1.807) is 0 Å². The van der Waals surface area contributed by atoms with Gasteiger partial charge in [0.05, 0.1) is 0 Å². The minimum atomic E-state index is -0.175. The highest BCUT2D eigenvalue weighted by Gasteiger charge is 2.11. The molecule has 0 rings (SSSR count). The summed E-state index contributed by atoms with van der Waals surface area (Å²) in [4.78, 5) is 0. The van der Waals surface area contributed by atoms with E-state index in [9.17, 15) is 0 Å². The summed E-state index contributed by atoms with van der Waals surface area (Å²) < 4.78 is 0. The Morgan fingerprint density at radius 1 is 1.45 bits per heavy atom. The van der Waals surface area contributed by atoms with Crippen LogP contribution in [0, 0.1) is 0 Å². The molecule has 0 radical (unpaired) electrons. The van der Waals surface area contributed by atoms with Gasteiger partial charge in [-0.05, 0) is 34.1 Å². The molecule has 1 atom stereocenters. The average Bonchev–Trinajstić information content (AvgIpc) is 1.81. The quantitative estimate of drug-likeness (QED) is 0.620. The Hall–Kier alpha value is -0.560. The van der Waals surface area contributed by atoms with Crippen molar-refractivity contribution in [3.8, 4) is 0 Å². The molecular formula is C10H19N. The van der Waals surface area contributed by atoms with Crippen molar-refractivity contribution in [2.24, 2.45) is 5.73 Å². The summed E-state index contributed by atoms with van der Waals surface area (Å²) >= 11 is 0. The van der Waals surface area contributed by atoms with Gasteiger partial charge in [0, 0.05) is 5.54 Å². The van der Waals surface area contributed by atoms with Crippen molar-refractivity contribution in [3.63, 3.8) is 0 Å². The van der Waals surface area contributed by atoms with E-state index in [1.807, 2.05) is 19.9 Å². The Balaban J connectivity index is 4.11. The zero-order valence-electron chi connectivity index (χ0n) is 8.02. The van der Waals surface area contributed by atoms with E-state index in [0.29, 0.717) is 0 Å². The van der Waals surface area contributed by atoms with Crippen LogP contribution in [-0.4, -0.2) is 5.54 Å². The highest BCUT2D eigenvalue weighted by Crippen LogP contribution is 2.10. The monoisotopic (exact) mass is 153 g/mol. The third kappa shape index (κ3) is 5.86. The summed E-state index contributed by atoms with van der Waals surface area (Å²) in [6.45, 7) is 8.19. The van der Waals surface area contributed by atoms with Crippen LogP contribution in [0.2, 0.25) is 0 Å². The maximum atomic E-state index is 5.98. The third-order valence-corrected chi connectivity index (χ3v) is 1.41. The van der Waals surface area contributed by atoms with Gasteiger partial charge < -0.3 is 5.73 Å². The molecular weight excluding hydrogens is 134 g/mol. The summed E-state index contributed by atoms with van der Waals surface area (Å²) in [5.74, 6) is 0. The van der Waals surface area contributed by atoms with Crippen LogP contribution in [0.3, 0.4) is 0 Å². The van der Waals surface area contributed by atoms with Gasteiger partial charge in [0.1, 0.15) is 0 Å². The highest BCUT2D eigenvalue weighted by molar-refractivity contribution is 5.10. The minimum Gasteiger partial charge on any atom is -0.322 e. The van der Waals surface area contributed by atoms with E-state index < -0.39 is 0 Å². The number of allylic oxidation sites excluding steroid dienone is 2. The number of hydrogen-bond donors (Lipinski definition) is 1. The number of nitrogens with two attached hydrogens (primary N) is 1. The van der Waals surface area contributed by atoms with E-state index >= 15 is 0 Å². The SMILES string of the molecule is C/C=C\CC(C)(N)C=C(C)C. The van der Waals surface area contributed by atoms with E-state index in [4.69, 9.17) is 5.73 Å². The third-order valence-electron chi connectivity index (χ3n) is 1.41. The van der Waals surface area contributed by atoms with Crippen molar-refractivity contribution in [1.82, 2.24) is 0 Å². The molecule has 0 saturated carbocycles. The zero-order valence-corrected chi connectivity index (χ0v) is 8.02. The maximum Gasteiger partial charge on any atom is 0.0347 e. The molecule has 0 aromatic heterocycles. The molecule has 11 heavy (non-hydrogen) atoms. The first-order chi connectivity index (χ1) is 4.98. The first-order valence-electron chi connectivity index (χ1n) is 4.04. The molecule has 0 aliphatic heterocycles. The lowest BCUT2D eigenvalue weighted by Crippen LogP contribution is -2.33. The lowest BCUT2D eigenvalue weighted by Gasteiger charge is -2.18. The Kier molecular flexibility index (Phi) is 4.12. The summed E-state index contributed by atoms with van der Waals surface area (Å²) in [6, 6.07) is 0. The first kappa shape index (κ1) is 10.4. The van der Waals surface area contributed by atoms with Gasteiger partial charge in [0.25, 0.3) is 0 Å². The van der Waals surface area contributed by atoms with Gasteiger partial charge in [0.15, 0.2) is 0 Å². The van der Waals surface area contributed by atoms with Crippen molar-refractivity contribution in [2.45, 2.75) is 39.7 Å². The molecule has 0 amide bonds. The predicted octanol–water partition coefficient (Wildman–Crippen LogP) is 2.64. The second kappa shape index (κ2) is 4.35. The summed E-state index contributed by atoms with van der Waals surface area (Å²) in [5, 5.41) is 0. The van der Waals surface area contributed by atoms with Crippen molar-refractivity contribution in [2.75, 3.05) is 0 Å². The van der Waals surface area contributed by atoms with Crippen molar-refractivity contribution < 1.29 is 0 Å². The van der Waals surface area contributed by atoms with Gasteiger partial charge >= 0.3 is 0 Å².